The number of carbonyl (C=O) groups excluding carboxylic acids is 2. The molecule has 60 heavy (non-hydrogen) atoms. The van der Waals surface area contributed by atoms with Crippen LogP contribution in [0.15, 0.2) is 55.2 Å². The Morgan fingerprint density at radius 2 is 1.53 bits per heavy atom. The second-order valence-corrected chi connectivity index (χ2v) is 19.5. The monoisotopic (exact) mass is 967 g/mol. The van der Waals surface area contributed by atoms with E-state index in [4.69, 9.17) is 20.1 Å². The van der Waals surface area contributed by atoms with E-state index in [2.05, 4.69) is 38.3 Å². The van der Waals surface area contributed by atoms with E-state index >= 15 is 0 Å². The molecule has 0 aromatic carbocycles. The number of nitrogens with one attached hydrogen (secondary N) is 4. The number of aliphatic carboxylic acids is 1. The third kappa shape index (κ3) is 13.0. The quantitative estimate of drug-likeness (QED) is 0.0205. The van der Waals surface area contributed by atoms with Gasteiger partial charge < -0.3 is 39.8 Å². The molecule has 1 saturated heterocycles. The minimum absolute atomic E-state index is 0.00786. The molecule has 6 heterocycles. The summed E-state index contributed by atoms with van der Waals surface area (Å²) in [5, 5.41) is 42.0. The maximum Gasteiger partial charge on any atom is 0.440 e. The second kappa shape index (κ2) is 21.7. The van der Waals surface area contributed by atoms with Crippen LogP contribution in [0.25, 0.3) is 11.3 Å². The molecule has 0 spiro atoms. The molecule has 2 aliphatic rings. The third-order valence-electron chi connectivity index (χ3n) is 7.14. The maximum absolute atomic E-state index is 12.4. The first-order chi connectivity index (χ1) is 28.6. The Morgan fingerprint density at radius 3 is 2.02 bits per heavy atom. The highest BCUT2D eigenvalue weighted by molar-refractivity contribution is 8.07. The molecule has 2 aliphatic heterocycles. The van der Waals surface area contributed by atoms with Gasteiger partial charge in [-0.3, -0.25) is 19.9 Å². The molecule has 0 saturated carbocycles. The van der Waals surface area contributed by atoms with Crippen LogP contribution >= 0.6 is 73.4 Å². The topological polar surface area (TPSA) is 344 Å². The van der Waals surface area contributed by atoms with Crippen molar-refractivity contribution in [1.82, 2.24) is 39.6 Å². The molecule has 3 atom stereocenters. The number of β-lactam (4-membered cyclic amide) rings is 1. The molecule has 2 unspecified atom stereocenters. The summed E-state index contributed by atoms with van der Waals surface area (Å²) < 4.78 is 39.7. The highest BCUT2D eigenvalue weighted by atomic mass is 32.2. The summed E-state index contributed by atoms with van der Waals surface area (Å²) in [7, 11) is -7.95. The Bertz CT molecular complexity index is 2240. The highest BCUT2D eigenvalue weighted by Crippen LogP contribution is 2.58. The van der Waals surface area contributed by atoms with Crippen LogP contribution in [0.4, 0.5) is 10.3 Å². The van der Waals surface area contributed by atoms with Gasteiger partial charge in [0.2, 0.25) is 16.2 Å². The standard InChI is InChI=1S/C16H13N3O3S3.C12H22N10O9P2S2/c1-18-4-2-9(3-5-18)10-7-24-16(17-10)25-11-8-23-13-6-12(20)19(13)14(11)15(21)22;1-3-29-17-7(5-13-23)9-15-11(34-21-9)19-32(25,26)31-33(27,28)20-12-16-10(22-35-12)8(6-14-24)18-30-4-2/h2-5,7,13H,6,8H2,1H3;13-14,23-24H,3-6H2,1-2H3,(H2,15,19,21,25,26)(H2,16,20,22,27,28)/b;17-7+,18-8+/t13-;/m1./s1. The van der Waals surface area contributed by atoms with E-state index in [-0.39, 0.29) is 76.6 Å². The Hall–Kier alpha value is -4.00. The number of thioether (sulfide) groups is 2. The van der Waals surface area contributed by atoms with E-state index in [1.54, 1.807) is 25.6 Å². The third-order valence-corrected chi connectivity index (χ3v) is 14.9. The maximum atomic E-state index is 12.4. The molecule has 4 aromatic heterocycles. The molecule has 32 heteroatoms. The minimum Gasteiger partial charge on any atom is -0.543 e. The molecule has 324 valence electrons. The number of oxime groups is 2. The van der Waals surface area contributed by atoms with Gasteiger partial charge in [0.15, 0.2) is 28.4 Å². The van der Waals surface area contributed by atoms with Crippen molar-refractivity contribution in [2.24, 2.45) is 17.4 Å². The summed E-state index contributed by atoms with van der Waals surface area (Å²) in [5.74, 6) is -0.986. The number of carbonyl (C=O) groups is 2. The SMILES string of the molecule is CCO/N=C(\CNO)c1nsc(NP(=O)(O)OP(=O)(O)Nc2nc(/C(CNO)=N/OCC)ns2)n1.C[n+]1ccc(-c2csc(SC3=C(C(=O)[O-])N4C(=O)C[C@H]4SC3)n2)cc1. The molecular formula is C28H35N13O12P2S5. The van der Waals surface area contributed by atoms with Gasteiger partial charge in [-0.1, -0.05) is 22.1 Å². The van der Waals surface area contributed by atoms with Crippen molar-refractivity contribution in [1.29, 1.82) is 0 Å². The lowest BCUT2D eigenvalue weighted by Crippen LogP contribution is -2.55. The van der Waals surface area contributed by atoms with Gasteiger partial charge >= 0.3 is 15.5 Å². The number of rotatable bonds is 20. The Kier molecular flexibility index (Phi) is 17.0. The number of amides is 1. The van der Waals surface area contributed by atoms with Gasteiger partial charge in [0.05, 0.1) is 42.2 Å². The molecule has 8 N–H and O–H groups in total. The van der Waals surface area contributed by atoms with Gasteiger partial charge in [0, 0.05) is 56.8 Å². The molecule has 1 fully saturated rings. The lowest BCUT2D eigenvalue weighted by molar-refractivity contribution is -0.671. The number of aryl methyl sites for hydroxylation is 1. The van der Waals surface area contributed by atoms with Crippen LogP contribution in [0.3, 0.4) is 0 Å². The van der Waals surface area contributed by atoms with Crippen molar-refractivity contribution >= 4 is 107 Å². The lowest BCUT2D eigenvalue weighted by Gasteiger charge is -2.45. The minimum atomic E-state index is -4.95. The zero-order valence-corrected chi connectivity index (χ0v) is 37.1. The van der Waals surface area contributed by atoms with Crippen molar-refractivity contribution in [2.75, 3.05) is 42.2 Å². The van der Waals surface area contributed by atoms with Crippen molar-refractivity contribution < 1.29 is 62.6 Å². The van der Waals surface area contributed by atoms with Gasteiger partial charge in [0.1, 0.15) is 31.7 Å². The Morgan fingerprint density at radius 1 is 0.983 bits per heavy atom. The molecule has 4 aromatic rings. The molecule has 0 radical (unpaired) electrons. The number of hydrogen-bond acceptors (Lipinski definition) is 24. The largest absolute Gasteiger partial charge is 0.543 e. The number of carboxylic acids is 1. The zero-order chi connectivity index (χ0) is 43.5. The fraction of sp³-hybridized carbons (Fsp3) is 0.357. The van der Waals surface area contributed by atoms with Gasteiger partial charge in [-0.2, -0.15) is 34.0 Å². The molecular weight excluding hydrogens is 933 g/mol. The van der Waals surface area contributed by atoms with Crippen LogP contribution in [0.2, 0.25) is 0 Å². The van der Waals surface area contributed by atoms with Gasteiger partial charge in [-0.15, -0.1) is 23.1 Å². The van der Waals surface area contributed by atoms with E-state index in [0.29, 0.717) is 40.1 Å². The molecule has 25 nitrogen and oxygen atoms in total. The summed E-state index contributed by atoms with van der Waals surface area (Å²) in [4.78, 5) is 67.4. The summed E-state index contributed by atoms with van der Waals surface area (Å²) in [6, 6.07) is 3.96. The summed E-state index contributed by atoms with van der Waals surface area (Å²) in [6.07, 6.45) is 4.30. The van der Waals surface area contributed by atoms with Crippen molar-refractivity contribution in [2.45, 2.75) is 30.0 Å². The molecule has 0 aliphatic carbocycles. The Labute approximate surface area is 360 Å². The molecule has 1 amide bonds. The fourth-order valence-electron chi connectivity index (χ4n) is 4.61. The first-order valence-corrected chi connectivity index (χ1v) is 24.3. The van der Waals surface area contributed by atoms with Crippen LogP contribution in [0.1, 0.15) is 31.9 Å². The fourth-order valence-corrected chi connectivity index (χ4v) is 12.0. The number of carboxylic acid groups (broad SMARTS) is 1. The first kappa shape index (κ1) is 47.1. The van der Waals surface area contributed by atoms with Crippen LogP contribution in [0.5, 0.6) is 0 Å². The average molecular weight is 968 g/mol. The van der Waals surface area contributed by atoms with E-state index in [0.717, 1.165) is 15.6 Å². The smallest absolute Gasteiger partial charge is 0.440 e. The van der Waals surface area contributed by atoms with Crippen LogP contribution in [-0.2, 0) is 39.8 Å². The first-order valence-electron chi connectivity index (χ1n) is 16.9. The van der Waals surface area contributed by atoms with Crippen LogP contribution in [0, 0.1) is 0 Å². The van der Waals surface area contributed by atoms with Gasteiger partial charge in [0.25, 0.3) is 0 Å². The highest BCUT2D eigenvalue weighted by Gasteiger charge is 2.43. The Balaban J connectivity index is 0.000000239. The zero-order valence-electron chi connectivity index (χ0n) is 31.2. The summed E-state index contributed by atoms with van der Waals surface area (Å²) in [5.41, 5.74) is 5.74. The lowest BCUT2D eigenvalue weighted by atomic mass is 10.1. The number of anilines is 2. The van der Waals surface area contributed by atoms with Gasteiger partial charge in [-0.25, -0.2) is 18.7 Å². The van der Waals surface area contributed by atoms with E-state index < -0.39 is 21.5 Å². The number of aromatic nitrogens is 6. The van der Waals surface area contributed by atoms with E-state index in [1.165, 1.54) is 28.0 Å². The van der Waals surface area contributed by atoms with Crippen molar-refractivity contribution in [3.63, 3.8) is 0 Å². The molecule has 0 bridgehead atoms. The van der Waals surface area contributed by atoms with Crippen molar-refractivity contribution in [3.8, 4) is 11.3 Å². The average Bonchev–Trinajstić information content (AvgIpc) is 3.97. The summed E-state index contributed by atoms with van der Waals surface area (Å²) >= 11 is 5.58. The molecule has 6 rings (SSSR count). The van der Waals surface area contributed by atoms with Crippen LogP contribution in [-0.4, -0.2) is 110 Å². The number of hydrogen-bond donors (Lipinski definition) is 8. The predicted octanol–water partition coefficient (Wildman–Crippen LogP) is 1.56. The normalized spacial score (nSPS) is 17.4. The van der Waals surface area contributed by atoms with Crippen LogP contribution < -0.4 is 30.8 Å². The summed E-state index contributed by atoms with van der Waals surface area (Å²) in [6.45, 7) is 3.45. The second-order valence-electron chi connectivity index (χ2n) is 11.4. The number of hydroxylamine groups is 2. The predicted molar refractivity (Wildman–Crippen MR) is 218 cm³/mol. The number of nitrogens with zero attached hydrogens (tertiary/aromatic N) is 9. The van der Waals surface area contributed by atoms with Crippen molar-refractivity contribution in [3.05, 3.63) is 52.2 Å². The van der Waals surface area contributed by atoms with Gasteiger partial charge in [-0.05, 0) is 13.8 Å². The van der Waals surface area contributed by atoms with E-state index in [9.17, 15) is 33.6 Å². The van der Waals surface area contributed by atoms with E-state index in [1.807, 2.05) is 62.7 Å². The number of thiazole rings is 1. The number of pyridine rings is 1. The number of fused-ring (bicyclic) bond motifs is 1.